The number of aromatic nitrogens is 3. The standard InChI is InChI=1S/C12H14F2N6O/c1-2-6-21-12-18-10(17-11(19-12)20-15)16-9-7(13)4-3-5-8(9)14/h3-5H,2,6,15H2,1H3,(H2,16,17,18,19,20). The van der Waals surface area contributed by atoms with E-state index < -0.39 is 11.6 Å². The van der Waals surface area contributed by atoms with Gasteiger partial charge in [0.1, 0.15) is 17.3 Å². The molecular formula is C12H14F2N6O. The summed E-state index contributed by atoms with van der Waals surface area (Å²) in [5.41, 5.74) is 1.86. The fraction of sp³-hybridized carbons (Fsp3) is 0.250. The highest BCUT2D eigenvalue weighted by Crippen LogP contribution is 2.22. The summed E-state index contributed by atoms with van der Waals surface area (Å²) < 4.78 is 32.4. The maximum absolute atomic E-state index is 13.6. The van der Waals surface area contributed by atoms with Gasteiger partial charge in [-0.25, -0.2) is 14.6 Å². The monoisotopic (exact) mass is 296 g/mol. The van der Waals surface area contributed by atoms with Gasteiger partial charge in [-0.2, -0.15) is 15.0 Å². The number of hydrogen-bond acceptors (Lipinski definition) is 7. The Balaban J connectivity index is 2.30. The molecule has 1 aromatic heterocycles. The molecule has 7 nitrogen and oxygen atoms in total. The second kappa shape index (κ2) is 6.75. The second-order valence-corrected chi connectivity index (χ2v) is 3.98. The molecule has 0 saturated carbocycles. The lowest BCUT2D eigenvalue weighted by Gasteiger charge is -2.10. The average molecular weight is 296 g/mol. The van der Waals surface area contributed by atoms with E-state index in [2.05, 4.69) is 25.7 Å². The van der Waals surface area contributed by atoms with E-state index in [9.17, 15) is 8.78 Å². The zero-order chi connectivity index (χ0) is 15.2. The third kappa shape index (κ3) is 3.72. The summed E-state index contributed by atoms with van der Waals surface area (Å²) in [4.78, 5) is 11.6. The number of benzene rings is 1. The van der Waals surface area contributed by atoms with Crippen LogP contribution in [-0.4, -0.2) is 21.6 Å². The van der Waals surface area contributed by atoms with Crippen LogP contribution in [0.5, 0.6) is 6.01 Å². The molecule has 0 fully saturated rings. The Hall–Kier alpha value is -2.55. The van der Waals surface area contributed by atoms with E-state index in [0.717, 1.165) is 18.6 Å². The van der Waals surface area contributed by atoms with Crippen molar-refractivity contribution in [1.29, 1.82) is 0 Å². The number of hydrazine groups is 1. The molecule has 9 heteroatoms. The summed E-state index contributed by atoms with van der Waals surface area (Å²) in [6.07, 6.45) is 0.752. The highest BCUT2D eigenvalue weighted by Gasteiger charge is 2.12. The van der Waals surface area contributed by atoms with Crippen LogP contribution in [0.25, 0.3) is 0 Å². The topological polar surface area (TPSA) is 98.0 Å². The fourth-order valence-electron chi connectivity index (χ4n) is 1.46. The summed E-state index contributed by atoms with van der Waals surface area (Å²) in [6.45, 7) is 2.30. The number of para-hydroxylation sites is 1. The van der Waals surface area contributed by atoms with Gasteiger partial charge in [0.25, 0.3) is 0 Å². The number of ether oxygens (including phenoxy) is 1. The van der Waals surface area contributed by atoms with Gasteiger partial charge in [-0.05, 0) is 18.6 Å². The van der Waals surface area contributed by atoms with Crippen molar-refractivity contribution < 1.29 is 13.5 Å². The van der Waals surface area contributed by atoms with Crippen molar-refractivity contribution in [3.8, 4) is 6.01 Å². The number of anilines is 3. The molecule has 2 rings (SSSR count). The van der Waals surface area contributed by atoms with Crippen molar-refractivity contribution in [2.75, 3.05) is 17.3 Å². The SMILES string of the molecule is CCCOc1nc(NN)nc(Nc2c(F)cccc2F)n1. The molecule has 0 unspecified atom stereocenters. The van der Waals surface area contributed by atoms with Crippen LogP contribution in [0, 0.1) is 11.6 Å². The van der Waals surface area contributed by atoms with E-state index in [0.29, 0.717) is 6.61 Å². The Morgan fingerprint density at radius 1 is 1.14 bits per heavy atom. The zero-order valence-corrected chi connectivity index (χ0v) is 11.2. The Kier molecular flexibility index (Phi) is 4.77. The molecule has 0 bridgehead atoms. The maximum Gasteiger partial charge on any atom is 0.323 e. The predicted octanol–water partition coefficient (Wildman–Crippen LogP) is 1.97. The number of hydrogen-bond donors (Lipinski definition) is 3. The number of nitrogens with zero attached hydrogens (tertiary/aromatic N) is 3. The van der Waals surface area contributed by atoms with Crippen molar-refractivity contribution in [3.05, 3.63) is 29.8 Å². The van der Waals surface area contributed by atoms with E-state index in [1.807, 2.05) is 6.92 Å². The summed E-state index contributed by atoms with van der Waals surface area (Å²) in [6, 6.07) is 3.48. The Morgan fingerprint density at radius 3 is 2.43 bits per heavy atom. The van der Waals surface area contributed by atoms with E-state index in [1.54, 1.807) is 0 Å². The third-order valence-electron chi connectivity index (χ3n) is 2.38. The number of nitrogen functional groups attached to an aromatic ring is 1. The summed E-state index contributed by atoms with van der Waals surface area (Å²) in [5.74, 6) is 3.62. The van der Waals surface area contributed by atoms with Crippen molar-refractivity contribution in [2.45, 2.75) is 13.3 Å². The predicted molar refractivity (Wildman–Crippen MR) is 73.1 cm³/mol. The van der Waals surface area contributed by atoms with E-state index in [1.165, 1.54) is 6.07 Å². The first kappa shape index (κ1) is 14.9. The Labute approximate surface area is 119 Å². The van der Waals surface area contributed by atoms with Crippen LogP contribution in [0.2, 0.25) is 0 Å². The minimum Gasteiger partial charge on any atom is -0.463 e. The number of nitrogens with one attached hydrogen (secondary N) is 2. The molecule has 0 atom stereocenters. The summed E-state index contributed by atoms with van der Waals surface area (Å²) in [7, 11) is 0. The summed E-state index contributed by atoms with van der Waals surface area (Å²) >= 11 is 0. The molecule has 1 aromatic carbocycles. The van der Waals surface area contributed by atoms with Crippen molar-refractivity contribution in [2.24, 2.45) is 5.84 Å². The smallest absolute Gasteiger partial charge is 0.323 e. The van der Waals surface area contributed by atoms with Crippen LogP contribution >= 0.6 is 0 Å². The first-order valence-corrected chi connectivity index (χ1v) is 6.20. The molecular weight excluding hydrogens is 282 g/mol. The Morgan fingerprint density at radius 2 is 1.81 bits per heavy atom. The summed E-state index contributed by atoms with van der Waals surface area (Å²) in [5, 5.41) is 2.44. The molecule has 112 valence electrons. The molecule has 0 aliphatic carbocycles. The van der Waals surface area contributed by atoms with E-state index in [4.69, 9.17) is 10.6 Å². The second-order valence-electron chi connectivity index (χ2n) is 3.98. The largest absolute Gasteiger partial charge is 0.463 e. The quantitative estimate of drug-likeness (QED) is 0.553. The first-order chi connectivity index (χ1) is 10.1. The zero-order valence-electron chi connectivity index (χ0n) is 11.2. The van der Waals surface area contributed by atoms with Crippen molar-refractivity contribution >= 4 is 17.6 Å². The molecule has 0 aliphatic rings. The minimum absolute atomic E-state index is 0.000882. The minimum atomic E-state index is -0.770. The highest BCUT2D eigenvalue weighted by atomic mass is 19.1. The fourth-order valence-corrected chi connectivity index (χ4v) is 1.46. The average Bonchev–Trinajstić information content (AvgIpc) is 2.49. The number of rotatable bonds is 6. The van der Waals surface area contributed by atoms with Gasteiger partial charge < -0.3 is 10.1 Å². The number of halogens is 2. The normalized spacial score (nSPS) is 10.3. The molecule has 0 radical (unpaired) electrons. The van der Waals surface area contributed by atoms with E-state index >= 15 is 0 Å². The lowest BCUT2D eigenvalue weighted by molar-refractivity contribution is 0.292. The van der Waals surface area contributed by atoms with E-state index in [-0.39, 0.29) is 23.6 Å². The molecule has 0 amide bonds. The molecule has 1 heterocycles. The van der Waals surface area contributed by atoms with Gasteiger partial charge >= 0.3 is 6.01 Å². The van der Waals surface area contributed by atoms with Gasteiger partial charge in [0.05, 0.1) is 6.61 Å². The molecule has 4 N–H and O–H groups in total. The molecule has 0 saturated heterocycles. The van der Waals surface area contributed by atoms with Crippen LogP contribution in [0.15, 0.2) is 18.2 Å². The van der Waals surface area contributed by atoms with Crippen LogP contribution in [0.1, 0.15) is 13.3 Å². The first-order valence-electron chi connectivity index (χ1n) is 6.20. The third-order valence-corrected chi connectivity index (χ3v) is 2.38. The highest BCUT2D eigenvalue weighted by molar-refractivity contribution is 5.55. The lowest BCUT2D eigenvalue weighted by atomic mass is 10.3. The molecule has 2 aromatic rings. The molecule has 0 aliphatic heterocycles. The van der Waals surface area contributed by atoms with Gasteiger partial charge in [-0.1, -0.05) is 13.0 Å². The van der Waals surface area contributed by atoms with Gasteiger partial charge in [0.15, 0.2) is 0 Å². The molecule has 21 heavy (non-hydrogen) atoms. The van der Waals surface area contributed by atoms with Crippen molar-refractivity contribution in [1.82, 2.24) is 15.0 Å². The van der Waals surface area contributed by atoms with Crippen LogP contribution in [0.3, 0.4) is 0 Å². The molecule has 0 spiro atoms. The van der Waals surface area contributed by atoms with Gasteiger partial charge in [0.2, 0.25) is 11.9 Å². The van der Waals surface area contributed by atoms with Gasteiger partial charge in [-0.3, -0.25) is 5.43 Å². The number of nitrogens with two attached hydrogens (primary N) is 1. The maximum atomic E-state index is 13.6. The Bertz CT molecular complexity index is 604. The van der Waals surface area contributed by atoms with Crippen LogP contribution < -0.4 is 21.3 Å². The van der Waals surface area contributed by atoms with Crippen molar-refractivity contribution in [3.63, 3.8) is 0 Å². The van der Waals surface area contributed by atoms with Gasteiger partial charge in [-0.15, -0.1) is 0 Å². The van der Waals surface area contributed by atoms with Crippen LogP contribution in [0.4, 0.5) is 26.4 Å². The van der Waals surface area contributed by atoms with Gasteiger partial charge in [0, 0.05) is 0 Å². The lowest BCUT2D eigenvalue weighted by Crippen LogP contribution is -2.14. The van der Waals surface area contributed by atoms with Crippen LogP contribution in [-0.2, 0) is 0 Å².